The summed E-state index contributed by atoms with van der Waals surface area (Å²) in [4.78, 5) is 22.7. The van der Waals surface area contributed by atoms with Crippen molar-refractivity contribution in [3.8, 4) is 11.6 Å². The minimum atomic E-state index is -4.81. The molecule has 150 valence electrons. The number of hydrogen-bond donors (Lipinski definition) is 0. The molecule has 2 aromatic rings. The molecule has 1 aromatic heterocycles. The van der Waals surface area contributed by atoms with Gasteiger partial charge in [-0.15, -0.1) is 13.2 Å². The maximum absolute atomic E-state index is 12.7. The van der Waals surface area contributed by atoms with Crippen molar-refractivity contribution in [2.24, 2.45) is 0 Å². The third-order valence-corrected chi connectivity index (χ3v) is 4.21. The van der Waals surface area contributed by atoms with Gasteiger partial charge in [-0.05, 0) is 44.9 Å². The van der Waals surface area contributed by atoms with Crippen LogP contribution >= 0.6 is 0 Å². The number of piperidine rings is 1. The average molecular weight is 395 g/mol. The number of alkyl halides is 3. The van der Waals surface area contributed by atoms with Crippen molar-refractivity contribution < 1.29 is 27.4 Å². The van der Waals surface area contributed by atoms with Crippen LogP contribution < -0.4 is 9.47 Å². The Balaban J connectivity index is 1.68. The third-order valence-electron chi connectivity index (χ3n) is 4.21. The quantitative estimate of drug-likeness (QED) is 0.790. The van der Waals surface area contributed by atoms with E-state index in [4.69, 9.17) is 4.74 Å². The second kappa shape index (κ2) is 8.04. The maximum atomic E-state index is 12.7. The maximum Gasteiger partial charge on any atom is 0.573 e. The second-order valence-corrected chi connectivity index (χ2v) is 6.60. The molecule has 0 saturated carbocycles. The van der Waals surface area contributed by atoms with Crippen molar-refractivity contribution in [3.63, 3.8) is 0 Å². The van der Waals surface area contributed by atoms with Crippen molar-refractivity contribution in [1.82, 2.24) is 14.9 Å². The molecule has 9 heteroatoms. The fourth-order valence-corrected chi connectivity index (χ4v) is 3.14. The molecule has 0 radical (unpaired) electrons. The lowest BCUT2D eigenvalue weighted by Crippen LogP contribution is -2.44. The van der Waals surface area contributed by atoms with Crippen molar-refractivity contribution in [2.45, 2.75) is 39.2 Å². The van der Waals surface area contributed by atoms with Crippen LogP contribution in [0.1, 0.15) is 34.7 Å². The molecule has 0 aliphatic carbocycles. The summed E-state index contributed by atoms with van der Waals surface area (Å²) in [7, 11) is 0. The number of likely N-dealkylation sites (tertiary alicyclic amines) is 1. The number of carbonyl (C=O) groups is 1. The molecule has 1 saturated heterocycles. The van der Waals surface area contributed by atoms with Gasteiger partial charge in [0.05, 0.1) is 6.54 Å². The van der Waals surface area contributed by atoms with E-state index in [1.165, 1.54) is 12.1 Å². The largest absolute Gasteiger partial charge is 0.573 e. The molecule has 1 amide bonds. The number of benzene rings is 1. The van der Waals surface area contributed by atoms with E-state index < -0.39 is 12.1 Å². The zero-order valence-corrected chi connectivity index (χ0v) is 15.5. The Morgan fingerprint density at radius 3 is 2.71 bits per heavy atom. The summed E-state index contributed by atoms with van der Waals surface area (Å²) in [6, 6.07) is 6.81. The highest BCUT2D eigenvalue weighted by atomic mass is 19.4. The van der Waals surface area contributed by atoms with E-state index in [0.717, 1.165) is 30.7 Å². The number of nitrogens with zero attached hydrogens (tertiary/aromatic N) is 3. The molecule has 0 bridgehead atoms. The molecule has 1 aliphatic heterocycles. The fourth-order valence-electron chi connectivity index (χ4n) is 3.14. The Morgan fingerprint density at radius 2 is 2.00 bits per heavy atom. The number of ether oxygens (including phenoxy) is 2. The summed E-state index contributed by atoms with van der Waals surface area (Å²) in [5.74, 6) is 0.260. The number of carbonyl (C=O) groups excluding carboxylic acids is 1. The van der Waals surface area contributed by atoms with Crippen molar-refractivity contribution in [3.05, 3.63) is 47.4 Å². The molecule has 1 atom stereocenters. The number of halogens is 3. The Bertz CT molecular complexity index is 838. The van der Waals surface area contributed by atoms with Crippen LogP contribution in [0.3, 0.4) is 0 Å². The number of aromatic nitrogens is 2. The van der Waals surface area contributed by atoms with E-state index >= 15 is 0 Å². The topological polar surface area (TPSA) is 64.5 Å². The highest BCUT2D eigenvalue weighted by Crippen LogP contribution is 2.25. The molecule has 1 aromatic carbocycles. The molecule has 1 aliphatic rings. The van der Waals surface area contributed by atoms with Gasteiger partial charge >= 0.3 is 6.36 Å². The lowest BCUT2D eigenvalue weighted by Gasteiger charge is -2.32. The van der Waals surface area contributed by atoms with Gasteiger partial charge in [0.1, 0.15) is 17.7 Å². The summed E-state index contributed by atoms with van der Waals surface area (Å²) < 4.78 is 47.0. The molecule has 2 heterocycles. The van der Waals surface area contributed by atoms with Gasteiger partial charge in [0.2, 0.25) is 5.88 Å². The van der Waals surface area contributed by atoms with Crippen LogP contribution in [0.15, 0.2) is 30.3 Å². The van der Waals surface area contributed by atoms with Gasteiger partial charge in [0, 0.05) is 23.9 Å². The predicted molar refractivity (Wildman–Crippen MR) is 94.2 cm³/mol. The average Bonchev–Trinajstić information content (AvgIpc) is 2.59. The van der Waals surface area contributed by atoms with Gasteiger partial charge in [-0.25, -0.2) is 4.98 Å². The van der Waals surface area contributed by atoms with Crippen molar-refractivity contribution in [2.75, 3.05) is 13.1 Å². The molecule has 3 rings (SSSR count). The summed E-state index contributed by atoms with van der Waals surface area (Å²) in [5, 5.41) is 0. The van der Waals surface area contributed by atoms with Crippen LogP contribution in [0.5, 0.6) is 11.6 Å². The number of rotatable bonds is 4. The zero-order chi connectivity index (χ0) is 20.3. The van der Waals surface area contributed by atoms with Crippen molar-refractivity contribution >= 4 is 5.91 Å². The van der Waals surface area contributed by atoms with Gasteiger partial charge < -0.3 is 14.4 Å². The molecule has 6 nitrogen and oxygen atoms in total. The van der Waals surface area contributed by atoms with Gasteiger partial charge in [-0.1, -0.05) is 6.07 Å². The normalized spacial score (nSPS) is 17.3. The number of aryl methyl sites for hydroxylation is 2. The van der Waals surface area contributed by atoms with Gasteiger partial charge in [0.15, 0.2) is 0 Å². The molecular formula is C19H20F3N3O3. The first-order chi connectivity index (χ1) is 13.2. The first-order valence-corrected chi connectivity index (χ1v) is 8.83. The van der Waals surface area contributed by atoms with Crippen molar-refractivity contribution in [1.29, 1.82) is 0 Å². The van der Waals surface area contributed by atoms with Crippen LogP contribution in [0, 0.1) is 13.8 Å². The molecule has 1 fully saturated rings. The molecule has 0 N–H and O–H groups in total. The standard InChI is InChI=1S/C19H20F3N3O3/c1-12-9-17(24-13(2)23-12)27-16-7-4-8-25(11-16)18(26)14-5-3-6-15(10-14)28-19(20,21)22/h3,5-6,9-10,16H,4,7-8,11H2,1-2H3. The minimum absolute atomic E-state index is 0.135. The molecule has 0 spiro atoms. The predicted octanol–water partition coefficient (Wildman–Crippen LogP) is 3.68. The van der Waals surface area contributed by atoms with E-state index in [-0.39, 0.29) is 17.6 Å². The smallest absolute Gasteiger partial charge is 0.472 e. The fraction of sp³-hybridized carbons (Fsp3) is 0.421. The number of hydrogen-bond acceptors (Lipinski definition) is 5. The Morgan fingerprint density at radius 1 is 1.21 bits per heavy atom. The summed E-state index contributed by atoms with van der Waals surface area (Å²) >= 11 is 0. The van der Waals surface area contributed by atoms with E-state index in [1.54, 1.807) is 17.9 Å². The monoisotopic (exact) mass is 395 g/mol. The first kappa shape index (κ1) is 19.9. The third kappa shape index (κ3) is 5.34. The summed E-state index contributed by atoms with van der Waals surface area (Å²) in [6.45, 7) is 4.44. The van der Waals surface area contributed by atoms with E-state index in [1.807, 2.05) is 6.92 Å². The van der Waals surface area contributed by atoms with E-state index in [9.17, 15) is 18.0 Å². The van der Waals surface area contributed by atoms with Crippen LogP contribution in [0.2, 0.25) is 0 Å². The van der Waals surface area contributed by atoms with Crippen LogP contribution in [0.25, 0.3) is 0 Å². The van der Waals surface area contributed by atoms with Crippen LogP contribution in [-0.2, 0) is 0 Å². The Labute approximate surface area is 160 Å². The minimum Gasteiger partial charge on any atom is -0.472 e. The highest BCUT2D eigenvalue weighted by Gasteiger charge is 2.32. The molecule has 1 unspecified atom stereocenters. The van der Waals surface area contributed by atoms with Crippen LogP contribution in [-0.4, -0.2) is 46.3 Å². The Kier molecular flexibility index (Phi) is 5.71. The Hall–Kier alpha value is -2.84. The highest BCUT2D eigenvalue weighted by molar-refractivity contribution is 5.94. The van der Waals surface area contributed by atoms with Gasteiger partial charge in [0.25, 0.3) is 5.91 Å². The van der Waals surface area contributed by atoms with Gasteiger partial charge in [-0.3, -0.25) is 4.79 Å². The lowest BCUT2D eigenvalue weighted by atomic mass is 10.1. The van der Waals surface area contributed by atoms with E-state index in [2.05, 4.69) is 14.7 Å². The zero-order valence-electron chi connectivity index (χ0n) is 15.5. The SMILES string of the molecule is Cc1cc(OC2CCCN(C(=O)c3cccc(OC(F)(F)F)c3)C2)nc(C)n1. The molecule has 28 heavy (non-hydrogen) atoms. The van der Waals surface area contributed by atoms with Gasteiger partial charge in [-0.2, -0.15) is 4.98 Å². The first-order valence-electron chi connectivity index (χ1n) is 8.83. The summed E-state index contributed by atoms with van der Waals surface area (Å²) in [5.41, 5.74) is 0.920. The molecular weight excluding hydrogens is 375 g/mol. The van der Waals surface area contributed by atoms with Crippen LogP contribution in [0.4, 0.5) is 13.2 Å². The summed E-state index contributed by atoms with van der Waals surface area (Å²) in [6.07, 6.45) is -3.58. The second-order valence-electron chi connectivity index (χ2n) is 6.60. The lowest BCUT2D eigenvalue weighted by molar-refractivity contribution is -0.274. The number of amides is 1. The van der Waals surface area contributed by atoms with E-state index in [0.29, 0.717) is 24.8 Å².